The fraction of sp³-hybridized carbons (Fsp3) is 0.200. The highest BCUT2D eigenvalue weighted by Gasteiger charge is 2.24. The molecule has 3 heterocycles. The van der Waals surface area contributed by atoms with Crippen molar-refractivity contribution in [2.24, 2.45) is 12.8 Å². The highest BCUT2D eigenvalue weighted by atomic mass is 32.1. The third kappa shape index (κ3) is 3.81. The number of ether oxygens (including phenoxy) is 2. The van der Waals surface area contributed by atoms with Crippen LogP contribution in [0.1, 0.15) is 5.69 Å². The summed E-state index contributed by atoms with van der Waals surface area (Å²) < 4.78 is 42.7. The lowest BCUT2D eigenvalue weighted by molar-refractivity contribution is 0.146. The predicted molar refractivity (Wildman–Crippen MR) is 130 cm³/mol. The van der Waals surface area contributed by atoms with Gasteiger partial charge in [-0.15, -0.1) is 11.3 Å². The van der Waals surface area contributed by atoms with Gasteiger partial charge in [0.15, 0.2) is 0 Å². The first-order valence-electron chi connectivity index (χ1n) is 10.6. The molecule has 0 radical (unpaired) electrons. The summed E-state index contributed by atoms with van der Waals surface area (Å²) in [5.41, 5.74) is 9.93. The minimum absolute atomic E-state index is 0.0691. The summed E-state index contributed by atoms with van der Waals surface area (Å²) in [6.07, 6.45) is 1.80. The SMILES string of the molecule is COCCOc1cc(F)cc(F)c1-c1c(CN)nc(-c2ccc3c(cnn3C)c2)c2ccsc12. The standard InChI is InChI=1S/C25H22F2N4O2S/c1-31-20-4-3-14(9-15(20)13-29-31)24-17-5-8-34-25(17)23(19(12-28)30-24)22-18(27)10-16(26)11-21(22)33-7-6-32-2/h3-5,8-11,13H,6-7,12,28H2,1-2H3. The maximum Gasteiger partial charge on any atom is 0.137 e. The number of aromatic nitrogens is 3. The average molecular weight is 481 g/mol. The molecule has 0 aliphatic heterocycles. The van der Waals surface area contributed by atoms with Crippen molar-refractivity contribution in [1.82, 2.24) is 14.8 Å². The van der Waals surface area contributed by atoms with Crippen molar-refractivity contribution in [2.75, 3.05) is 20.3 Å². The number of rotatable bonds is 7. The lowest BCUT2D eigenvalue weighted by Crippen LogP contribution is -2.09. The maximum absolute atomic E-state index is 15.2. The molecule has 0 amide bonds. The molecule has 2 aromatic carbocycles. The van der Waals surface area contributed by atoms with Crippen molar-refractivity contribution < 1.29 is 18.3 Å². The molecule has 0 saturated heterocycles. The molecule has 0 bridgehead atoms. The zero-order chi connectivity index (χ0) is 23.8. The molecule has 0 aliphatic carbocycles. The summed E-state index contributed by atoms with van der Waals surface area (Å²) in [7, 11) is 3.42. The molecule has 0 fully saturated rings. The lowest BCUT2D eigenvalue weighted by Gasteiger charge is -2.17. The Hall–Kier alpha value is -3.40. The van der Waals surface area contributed by atoms with Crippen LogP contribution in [-0.2, 0) is 18.3 Å². The Bertz CT molecular complexity index is 1510. The quantitative estimate of drug-likeness (QED) is 0.321. The number of nitrogens with zero attached hydrogens (tertiary/aromatic N) is 3. The molecular formula is C25H22F2N4O2S. The van der Waals surface area contributed by atoms with Crippen molar-refractivity contribution in [3.63, 3.8) is 0 Å². The van der Waals surface area contributed by atoms with Crippen LogP contribution in [0.3, 0.4) is 0 Å². The molecule has 5 aromatic rings. The topological polar surface area (TPSA) is 75.2 Å². The molecule has 2 N–H and O–H groups in total. The van der Waals surface area contributed by atoms with Gasteiger partial charge >= 0.3 is 0 Å². The van der Waals surface area contributed by atoms with E-state index in [2.05, 4.69) is 5.10 Å². The van der Waals surface area contributed by atoms with Crippen LogP contribution in [0.15, 0.2) is 48.0 Å². The molecule has 5 rings (SSSR count). The number of hydrogen-bond donors (Lipinski definition) is 1. The second-order valence-electron chi connectivity index (χ2n) is 7.79. The van der Waals surface area contributed by atoms with E-state index in [9.17, 15) is 4.39 Å². The second-order valence-corrected chi connectivity index (χ2v) is 8.71. The van der Waals surface area contributed by atoms with Gasteiger partial charge in [-0.3, -0.25) is 9.67 Å². The van der Waals surface area contributed by atoms with Crippen molar-refractivity contribution in [3.8, 4) is 28.1 Å². The van der Waals surface area contributed by atoms with Crippen LogP contribution < -0.4 is 10.5 Å². The normalized spacial score (nSPS) is 11.6. The van der Waals surface area contributed by atoms with Gasteiger partial charge in [0, 0.05) is 59.4 Å². The van der Waals surface area contributed by atoms with Crippen molar-refractivity contribution >= 4 is 32.3 Å². The van der Waals surface area contributed by atoms with E-state index in [1.54, 1.807) is 6.20 Å². The van der Waals surface area contributed by atoms with Gasteiger partial charge in [0.05, 0.1) is 35.3 Å². The predicted octanol–water partition coefficient (Wildman–Crippen LogP) is 5.28. The smallest absolute Gasteiger partial charge is 0.137 e. The Kier molecular flexibility index (Phi) is 5.99. The highest BCUT2D eigenvalue weighted by Crippen LogP contribution is 2.44. The first-order chi connectivity index (χ1) is 16.5. The third-order valence-corrected chi connectivity index (χ3v) is 6.64. The van der Waals surface area contributed by atoms with Gasteiger partial charge < -0.3 is 15.2 Å². The Balaban J connectivity index is 1.74. The zero-order valence-corrected chi connectivity index (χ0v) is 19.5. The van der Waals surface area contributed by atoms with Crippen LogP contribution in [-0.4, -0.2) is 35.1 Å². The Labute approximate surface area is 198 Å². The van der Waals surface area contributed by atoms with E-state index in [-0.39, 0.29) is 31.1 Å². The summed E-state index contributed by atoms with van der Waals surface area (Å²) in [5.74, 6) is -1.37. The van der Waals surface area contributed by atoms with Crippen molar-refractivity contribution in [3.05, 3.63) is 65.3 Å². The summed E-state index contributed by atoms with van der Waals surface area (Å²) in [5, 5.41) is 8.08. The summed E-state index contributed by atoms with van der Waals surface area (Å²) in [6, 6.07) is 9.99. The van der Waals surface area contributed by atoms with Gasteiger partial charge in [0.1, 0.15) is 24.0 Å². The number of benzene rings is 2. The molecule has 6 nitrogen and oxygen atoms in total. The number of thiophene rings is 1. The van der Waals surface area contributed by atoms with E-state index >= 15 is 4.39 Å². The lowest BCUT2D eigenvalue weighted by atomic mass is 9.97. The van der Waals surface area contributed by atoms with Gasteiger partial charge in [-0.1, -0.05) is 6.07 Å². The number of aryl methyl sites for hydroxylation is 1. The molecule has 34 heavy (non-hydrogen) atoms. The molecular weight excluding hydrogens is 458 g/mol. The van der Waals surface area contributed by atoms with Crippen LogP contribution >= 0.6 is 11.3 Å². The van der Waals surface area contributed by atoms with Crippen molar-refractivity contribution in [1.29, 1.82) is 0 Å². The van der Waals surface area contributed by atoms with E-state index < -0.39 is 11.6 Å². The van der Waals surface area contributed by atoms with E-state index in [1.807, 2.05) is 41.4 Å². The first kappa shape index (κ1) is 22.4. The summed E-state index contributed by atoms with van der Waals surface area (Å²) >= 11 is 1.45. The van der Waals surface area contributed by atoms with E-state index in [0.717, 1.165) is 38.3 Å². The fourth-order valence-corrected chi connectivity index (χ4v) is 5.12. The second kappa shape index (κ2) is 9.09. The number of nitrogens with two attached hydrogens (primary N) is 1. The van der Waals surface area contributed by atoms with Crippen LogP contribution in [0.25, 0.3) is 43.4 Å². The van der Waals surface area contributed by atoms with E-state index in [0.29, 0.717) is 11.3 Å². The molecule has 3 aromatic heterocycles. The largest absolute Gasteiger partial charge is 0.490 e. The Morgan fingerprint density at radius 2 is 1.94 bits per heavy atom. The van der Waals surface area contributed by atoms with E-state index in [1.165, 1.54) is 24.5 Å². The van der Waals surface area contributed by atoms with Gasteiger partial charge in [0.25, 0.3) is 0 Å². The molecule has 0 spiro atoms. The van der Waals surface area contributed by atoms with Gasteiger partial charge in [-0.2, -0.15) is 5.10 Å². The average Bonchev–Trinajstić information content (AvgIpc) is 3.45. The number of methoxy groups -OCH3 is 1. The Morgan fingerprint density at radius 3 is 2.74 bits per heavy atom. The molecule has 0 unspecified atom stereocenters. The highest BCUT2D eigenvalue weighted by molar-refractivity contribution is 7.17. The Morgan fingerprint density at radius 1 is 1.09 bits per heavy atom. The summed E-state index contributed by atoms with van der Waals surface area (Å²) in [6.45, 7) is 0.498. The first-order valence-corrected chi connectivity index (χ1v) is 11.5. The summed E-state index contributed by atoms with van der Waals surface area (Å²) in [4.78, 5) is 4.87. The number of hydrogen-bond acceptors (Lipinski definition) is 6. The monoisotopic (exact) mass is 480 g/mol. The molecule has 9 heteroatoms. The third-order valence-electron chi connectivity index (χ3n) is 5.71. The minimum atomic E-state index is -0.733. The number of halogens is 2. The van der Waals surface area contributed by atoms with Crippen LogP contribution in [0.5, 0.6) is 5.75 Å². The molecule has 0 atom stereocenters. The fourth-order valence-electron chi connectivity index (χ4n) is 4.15. The van der Waals surface area contributed by atoms with Gasteiger partial charge in [0.2, 0.25) is 0 Å². The molecule has 174 valence electrons. The van der Waals surface area contributed by atoms with Crippen LogP contribution in [0.2, 0.25) is 0 Å². The number of pyridine rings is 1. The van der Waals surface area contributed by atoms with Crippen molar-refractivity contribution in [2.45, 2.75) is 6.54 Å². The van der Waals surface area contributed by atoms with Crippen LogP contribution in [0, 0.1) is 11.6 Å². The molecule has 0 aliphatic rings. The van der Waals surface area contributed by atoms with Crippen LogP contribution in [0.4, 0.5) is 8.78 Å². The maximum atomic E-state index is 15.2. The van der Waals surface area contributed by atoms with Gasteiger partial charge in [-0.05, 0) is 23.6 Å². The van der Waals surface area contributed by atoms with E-state index in [4.69, 9.17) is 20.2 Å². The zero-order valence-electron chi connectivity index (χ0n) is 18.6. The minimum Gasteiger partial charge on any atom is -0.490 e. The molecule has 0 saturated carbocycles. The van der Waals surface area contributed by atoms with Gasteiger partial charge in [-0.25, -0.2) is 8.78 Å². The number of fused-ring (bicyclic) bond motifs is 2.